The third-order valence-corrected chi connectivity index (χ3v) is 6.01. The first-order valence-electron chi connectivity index (χ1n) is 8.45. The monoisotopic (exact) mass is 412 g/mol. The molecule has 26 heavy (non-hydrogen) atoms. The van der Waals surface area contributed by atoms with Gasteiger partial charge in [0.1, 0.15) is 13.2 Å². The van der Waals surface area contributed by atoms with Crippen LogP contribution in [0.4, 0.5) is 0 Å². The van der Waals surface area contributed by atoms with Crippen LogP contribution in [-0.2, 0) is 6.54 Å². The summed E-state index contributed by atoms with van der Waals surface area (Å²) in [7, 11) is 0. The first kappa shape index (κ1) is 17.9. The molecule has 0 spiro atoms. The number of halogens is 2. The SMILES string of the molecule is O=C(c1cc(Cl)c2c(c1)OCCO2)N1CCN(Cc2ccc(Cl)s2)CC1. The van der Waals surface area contributed by atoms with E-state index >= 15 is 0 Å². The second-order valence-electron chi connectivity index (χ2n) is 6.26. The van der Waals surface area contributed by atoms with Crippen LogP contribution in [0, 0.1) is 0 Å². The molecule has 0 aliphatic carbocycles. The van der Waals surface area contributed by atoms with Gasteiger partial charge in [-0.3, -0.25) is 9.69 Å². The van der Waals surface area contributed by atoms with Crippen LogP contribution in [0.3, 0.4) is 0 Å². The number of rotatable bonds is 3. The number of thiophene rings is 1. The summed E-state index contributed by atoms with van der Waals surface area (Å²) in [6.45, 7) is 4.84. The summed E-state index contributed by atoms with van der Waals surface area (Å²) in [5.74, 6) is 1.04. The highest BCUT2D eigenvalue weighted by molar-refractivity contribution is 7.16. The van der Waals surface area contributed by atoms with E-state index < -0.39 is 0 Å². The highest BCUT2D eigenvalue weighted by Gasteiger charge is 2.25. The first-order chi connectivity index (χ1) is 12.6. The van der Waals surface area contributed by atoms with Crippen molar-refractivity contribution in [1.29, 1.82) is 0 Å². The van der Waals surface area contributed by atoms with Gasteiger partial charge in [0.15, 0.2) is 11.5 Å². The summed E-state index contributed by atoms with van der Waals surface area (Å²) in [6.07, 6.45) is 0. The third-order valence-electron chi connectivity index (χ3n) is 4.51. The molecule has 4 rings (SSSR count). The molecule has 0 unspecified atom stereocenters. The van der Waals surface area contributed by atoms with Crippen LogP contribution in [0.2, 0.25) is 9.36 Å². The molecule has 1 aromatic heterocycles. The average molecular weight is 413 g/mol. The molecule has 138 valence electrons. The molecular formula is C18H18Cl2N2O3S. The van der Waals surface area contributed by atoms with Crippen LogP contribution in [-0.4, -0.2) is 55.1 Å². The molecule has 1 amide bonds. The Morgan fingerprint density at radius 3 is 2.58 bits per heavy atom. The number of fused-ring (bicyclic) bond motifs is 1. The Kier molecular flexibility index (Phi) is 5.27. The third kappa shape index (κ3) is 3.78. The Hall–Kier alpha value is -1.47. The Morgan fingerprint density at radius 1 is 1.08 bits per heavy atom. The van der Waals surface area contributed by atoms with E-state index in [-0.39, 0.29) is 5.91 Å². The van der Waals surface area contributed by atoms with E-state index in [4.69, 9.17) is 32.7 Å². The number of carbonyl (C=O) groups excluding carboxylic acids is 1. The van der Waals surface area contributed by atoms with Crippen molar-refractivity contribution in [2.24, 2.45) is 0 Å². The predicted molar refractivity (Wildman–Crippen MR) is 103 cm³/mol. The summed E-state index contributed by atoms with van der Waals surface area (Å²) in [5, 5.41) is 0.416. The molecule has 8 heteroatoms. The van der Waals surface area contributed by atoms with Gasteiger partial charge in [0, 0.05) is 43.2 Å². The quantitative estimate of drug-likeness (QED) is 0.768. The molecule has 5 nitrogen and oxygen atoms in total. The van der Waals surface area contributed by atoms with Crippen LogP contribution in [0.25, 0.3) is 0 Å². The van der Waals surface area contributed by atoms with Crippen molar-refractivity contribution >= 4 is 40.4 Å². The number of benzene rings is 1. The zero-order chi connectivity index (χ0) is 18.1. The van der Waals surface area contributed by atoms with Gasteiger partial charge in [-0.2, -0.15) is 0 Å². The fourth-order valence-electron chi connectivity index (χ4n) is 3.18. The number of carbonyl (C=O) groups is 1. The van der Waals surface area contributed by atoms with Gasteiger partial charge in [0.2, 0.25) is 0 Å². The average Bonchev–Trinajstić information content (AvgIpc) is 3.06. The minimum absolute atomic E-state index is 0.0253. The lowest BCUT2D eigenvalue weighted by atomic mass is 10.1. The van der Waals surface area contributed by atoms with E-state index in [0.717, 1.165) is 24.0 Å². The van der Waals surface area contributed by atoms with Gasteiger partial charge in [-0.15, -0.1) is 11.3 Å². The largest absolute Gasteiger partial charge is 0.486 e. The van der Waals surface area contributed by atoms with Crippen molar-refractivity contribution < 1.29 is 14.3 Å². The van der Waals surface area contributed by atoms with Crippen molar-refractivity contribution in [3.63, 3.8) is 0 Å². The topological polar surface area (TPSA) is 42.0 Å². The van der Waals surface area contributed by atoms with E-state index in [1.54, 1.807) is 23.5 Å². The number of ether oxygens (including phenoxy) is 2. The van der Waals surface area contributed by atoms with Gasteiger partial charge in [0.05, 0.1) is 9.36 Å². The second kappa shape index (κ2) is 7.64. The van der Waals surface area contributed by atoms with Crippen molar-refractivity contribution in [3.8, 4) is 11.5 Å². The molecule has 2 aliphatic rings. The lowest BCUT2D eigenvalue weighted by Crippen LogP contribution is -2.48. The van der Waals surface area contributed by atoms with Gasteiger partial charge in [-0.05, 0) is 24.3 Å². The van der Waals surface area contributed by atoms with Crippen LogP contribution in [0.5, 0.6) is 11.5 Å². The number of hydrogen-bond acceptors (Lipinski definition) is 5. The van der Waals surface area contributed by atoms with Crippen LogP contribution in [0.15, 0.2) is 24.3 Å². The minimum Gasteiger partial charge on any atom is -0.486 e. The Morgan fingerprint density at radius 2 is 1.85 bits per heavy atom. The van der Waals surface area contributed by atoms with Gasteiger partial charge >= 0.3 is 0 Å². The zero-order valence-corrected chi connectivity index (χ0v) is 16.4. The van der Waals surface area contributed by atoms with Crippen LogP contribution >= 0.6 is 34.5 Å². The van der Waals surface area contributed by atoms with E-state index in [1.165, 1.54) is 4.88 Å². The molecule has 2 aliphatic heterocycles. The standard InChI is InChI=1S/C18H18Cl2N2O3S/c19-14-9-12(10-15-17(14)25-8-7-24-15)18(23)22-5-3-21(4-6-22)11-13-1-2-16(20)26-13/h1-2,9-10H,3-8,11H2. The normalized spacial score (nSPS) is 17.4. The Balaban J connectivity index is 1.40. The fraction of sp³-hybridized carbons (Fsp3) is 0.389. The number of amides is 1. The summed E-state index contributed by atoms with van der Waals surface area (Å²) >= 11 is 13.8. The highest BCUT2D eigenvalue weighted by atomic mass is 35.5. The lowest BCUT2D eigenvalue weighted by molar-refractivity contribution is 0.0628. The number of piperazine rings is 1. The maximum atomic E-state index is 12.8. The van der Waals surface area contributed by atoms with Gasteiger partial charge in [-0.1, -0.05) is 23.2 Å². The second-order valence-corrected chi connectivity index (χ2v) is 8.46. The predicted octanol–water partition coefficient (Wildman–Crippen LogP) is 3.78. The summed E-state index contributed by atoms with van der Waals surface area (Å²) in [4.78, 5) is 18.3. The van der Waals surface area contributed by atoms with Crippen molar-refractivity contribution in [3.05, 3.63) is 44.1 Å². The minimum atomic E-state index is -0.0253. The molecular weight excluding hydrogens is 395 g/mol. The molecule has 1 saturated heterocycles. The maximum Gasteiger partial charge on any atom is 0.254 e. The Labute approximate surface area is 166 Å². The molecule has 0 saturated carbocycles. The molecule has 0 atom stereocenters. The summed E-state index contributed by atoms with van der Waals surface area (Å²) < 4.78 is 11.9. The van der Waals surface area contributed by atoms with Crippen LogP contribution < -0.4 is 9.47 Å². The van der Waals surface area contributed by atoms with Gasteiger partial charge < -0.3 is 14.4 Å². The van der Waals surface area contributed by atoms with Crippen molar-refractivity contribution in [2.75, 3.05) is 39.4 Å². The smallest absolute Gasteiger partial charge is 0.254 e. The first-order valence-corrected chi connectivity index (χ1v) is 10.0. The van der Waals surface area contributed by atoms with Crippen molar-refractivity contribution in [1.82, 2.24) is 9.80 Å². The van der Waals surface area contributed by atoms with E-state index in [0.29, 0.717) is 48.4 Å². The van der Waals surface area contributed by atoms with E-state index in [1.807, 2.05) is 11.0 Å². The van der Waals surface area contributed by atoms with E-state index in [2.05, 4.69) is 11.0 Å². The highest BCUT2D eigenvalue weighted by Crippen LogP contribution is 2.38. The summed E-state index contributed by atoms with van der Waals surface area (Å²) in [5.41, 5.74) is 0.540. The molecule has 0 N–H and O–H groups in total. The van der Waals surface area contributed by atoms with E-state index in [9.17, 15) is 4.79 Å². The molecule has 3 heterocycles. The number of hydrogen-bond donors (Lipinski definition) is 0. The molecule has 1 aromatic carbocycles. The zero-order valence-electron chi connectivity index (χ0n) is 14.0. The lowest BCUT2D eigenvalue weighted by Gasteiger charge is -2.34. The van der Waals surface area contributed by atoms with Gasteiger partial charge in [-0.25, -0.2) is 0 Å². The molecule has 0 radical (unpaired) electrons. The fourth-order valence-corrected chi connectivity index (χ4v) is 4.58. The Bertz CT molecular complexity index is 819. The molecule has 0 bridgehead atoms. The number of nitrogens with zero attached hydrogens (tertiary/aromatic N) is 2. The molecule has 2 aromatic rings. The van der Waals surface area contributed by atoms with Crippen LogP contribution in [0.1, 0.15) is 15.2 Å². The van der Waals surface area contributed by atoms with Gasteiger partial charge in [0.25, 0.3) is 5.91 Å². The maximum absolute atomic E-state index is 12.8. The van der Waals surface area contributed by atoms with Crippen molar-refractivity contribution in [2.45, 2.75) is 6.54 Å². The summed E-state index contributed by atoms with van der Waals surface area (Å²) in [6, 6.07) is 7.37. The molecule has 1 fully saturated rings.